The first-order chi connectivity index (χ1) is 21.6. The van der Waals surface area contributed by atoms with Gasteiger partial charge in [-0.3, -0.25) is 4.98 Å². The summed E-state index contributed by atoms with van der Waals surface area (Å²) >= 11 is 0. The third-order valence-electron chi connectivity index (χ3n) is 8.17. The Labute approximate surface area is 254 Å². The molecule has 44 heavy (non-hydrogen) atoms. The Hall–Kier alpha value is -6.48. The van der Waals surface area contributed by atoms with Crippen molar-refractivity contribution in [1.82, 2.24) is 9.55 Å². The number of hydrogen-bond acceptors (Lipinski definition) is 4. The standard InChI is InChI=1S/C39H23N5/c1-25-18-31(24-42)36(26-14-16-43-17-15-26)21-37(25)44-38-19-27(32-8-4-2-6-29(32)22-40)10-12-34(38)35-13-11-28(20-39(35)44)33-9-5-3-7-30(33)23-41/h2-21H,1H3. The van der Waals surface area contributed by atoms with Gasteiger partial charge in [-0.1, -0.05) is 60.7 Å². The molecule has 7 rings (SSSR count). The van der Waals surface area contributed by atoms with Crippen LogP contribution in [0.1, 0.15) is 22.3 Å². The van der Waals surface area contributed by atoms with Crippen molar-refractivity contribution in [3.8, 4) is 57.3 Å². The molecule has 0 unspecified atom stereocenters. The van der Waals surface area contributed by atoms with Crippen LogP contribution in [0, 0.1) is 40.9 Å². The van der Waals surface area contributed by atoms with Gasteiger partial charge in [-0.05, 0) is 88.8 Å². The van der Waals surface area contributed by atoms with Gasteiger partial charge in [-0.2, -0.15) is 15.8 Å². The zero-order valence-corrected chi connectivity index (χ0v) is 23.8. The molecule has 5 heteroatoms. The van der Waals surface area contributed by atoms with Crippen LogP contribution in [-0.2, 0) is 0 Å². The molecule has 0 saturated carbocycles. The lowest BCUT2D eigenvalue weighted by molar-refractivity contribution is 1.15. The third kappa shape index (κ3) is 4.27. The van der Waals surface area contributed by atoms with Gasteiger partial charge < -0.3 is 4.57 Å². The van der Waals surface area contributed by atoms with Crippen molar-refractivity contribution in [3.05, 3.63) is 144 Å². The van der Waals surface area contributed by atoms with Crippen LogP contribution in [0.5, 0.6) is 0 Å². The first kappa shape index (κ1) is 26.4. The highest BCUT2D eigenvalue weighted by Gasteiger charge is 2.19. The van der Waals surface area contributed by atoms with Gasteiger partial charge in [0.05, 0.1) is 45.9 Å². The molecule has 2 heterocycles. The number of benzene rings is 5. The summed E-state index contributed by atoms with van der Waals surface area (Å²) in [4.78, 5) is 4.17. The van der Waals surface area contributed by atoms with Crippen LogP contribution in [0.3, 0.4) is 0 Å². The average Bonchev–Trinajstić information content (AvgIpc) is 3.41. The molecule has 5 nitrogen and oxygen atoms in total. The normalized spacial score (nSPS) is 10.8. The van der Waals surface area contributed by atoms with E-state index in [-0.39, 0.29) is 0 Å². The van der Waals surface area contributed by atoms with E-state index in [1.54, 1.807) is 12.4 Å². The molecule has 0 aliphatic heterocycles. The summed E-state index contributed by atoms with van der Waals surface area (Å²) in [5.74, 6) is 0. The van der Waals surface area contributed by atoms with Crippen LogP contribution in [0.4, 0.5) is 0 Å². The highest BCUT2D eigenvalue weighted by molar-refractivity contribution is 6.11. The summed E-state index contributed by atoms with van der Waals surface area (Å²) in [5.41, 5.74) is 11.0. The van der Waals surface area contributed by atoms with Gasteiger partial charge in [-0.15, -0.1) is 0 Å². The predicted molar refractivity (Wildman–Crippen MR) is 174 cm³/mol. The first-order valence-corrected chi connectivity index (χ1v) is 14.1. The number of nitriles is 3. The third-order valence-corrected chi connectivity index (χ3v) is 8.17. The Kier molecular flexibility index (Phi) is 6.44. The van der Waals surface area contributed by atoms with Gasteiger partial charge >= 0.3 is 0 Å². The summed E-state index contributed by atoms with van der Waals surface area (Å²) < 4.78 is 2.24. The highest BCUT2D eigenvalue weighted by atomic mass is 15.0. The molecule has 0 aliphatic rings. The van der Waals surface area contributed by atoms with Crippen molar-refractivity contribution in [2.75, 3.05) is 0 Å². The monoisotopic (exact) mass is 561 g/mol. The number of aryl methyl sites for hydroxylation is 1. The van der Waals surface area contributed by atoms with E-state index < -0.39 is 0 Å². The van der Waals surface area contributed by atoms with Gasteiger partial charge in [-0.25, -0.2) is 0 Å². The second kappa shape index (κ2) is 10.7. The largest absolute Gasteiger partial charge is 0.309 e. The van der Waals surface area contributed by atoms with Crippen molar-refractivity contribution < 1.29 is 0 Å². The van der Waals surface area contributed by atoms with Gasteiger partial charge in [0, 0.05) is 34.4 Å². The lowest BCUT2D eigenvalue weighted by Crippen LogP contribution is -2.00. The lowest BCUT2D eigenvalue weighted by atomic mass is 9.97. The molecule has 0 fully saturated rings. The summed E-state index contributed by atoms with van der Waals surface area (Å²) in [5, 5.41) is 31.9. The second-order valence-corrected chi connectivity index (χ2v) is 10.6. The Bertz CT molecular complexity index is 2260. The Morgan fingerprint density at radius 3 is 1.57 bits per heavy atom. The number of pyridine rings is 1. The van der Waals surface area contributed by atoms with E-state index in [1.165, 1.54) is 0 Å². The fourth-order valence-electron chi connectivity index (χ4n) is 6.08. The summed E-state index contributed by atoms with van der Waals surface area (Å²) in [6.07, 6.45) is 3.46. The van der Waals surface area contributed by atoms with E-state index in [4.69, 9.17) is 0 Å². The van der Waals surface area contributed by atoms with Gasteiger partial charge in [0.15, 0.2) is 0 Å². The quantitative estimate of drug-likeness (QED) is 0.214. The highest BCUT2D eigenvalue weighted by Crippen LogP contribution is 2.40. The maximum atomic E-state index is 10.1. The van der Waals surface area contributed by atoms with Crippen LogP contribution < -0.4 is 0 Å². The lowest BCUT2D eigenvalue weighted by Gasteiger charge is -2.16. The molecule has 0 aliphatic carbocycles. The van der Waals surface area contributed by atoms with Gasteiger partial charge in [0.2, 0.25) is 0 Å². The van der Waals surface area contributed by atoms with E-state index >= 15 is 0 Å². The van der Waals surface area contributed by atoms with E-state index in [2.05, 4.69) is 70.2 Å². The molecular formula is C39H23N5. The number of aromatic nitrogens is 2. The smallest absolute Gasteiger partial charge is 0.0998 e. The van der Waals surface area contributed by atoms with Crippen LogP contribution >= 0.6 is 0 Å². The maximum absolute atomic E-state index is 10.1. The van der Waals surface area contributed by atoms with Crippen molar-refractivity contribution in [2.45, 2.75) is 6.92 Å². The fourth-order valence-corrected chi connectivity index (χ4v) is 6.08. The molecule has 0 radical (unpaired) electrons. The van der Waals surface area contributed by atoms with E-state index in [1.807, 2.05) is 73.7 Å². The molecule has 204 valence electrons. The Balaban J connectivity index is 1.59. The molecule has 5 aromatic carbocycles. The molecule has 0 atom stereocenters. The Morgan fingerprint density at radius 1 is 0.523 bits per heavy atom. The second-order valence-electron chi connectivity index (χ2n) is 10.6. The minimum absolute atomic E-state index is 0.588. The molecule has 0 bridgehead atoms. The molecule has 2 aromatic heterocycles. The van der Waals surface area contributed by atoms with Crippen molar-refractivity contribution >= 4 is 21.8 Å². The maximum Gasteiger partial charge on any atom is 0.0998 e. The van der Waals surface area contributed by atoms with Crippen molar-refractivity contribution in [2.24, 2.45) is 0 Å². The summed E-state index contributed by atoms with van der Waals surface area (Å²) in [6, 6.07) is 42.8. The molecular weight excluding hydrogens is 538 g/mol. The van der Waals surface area contributed by atoms with Crippen molar-refractivity contribution in [1.29, 1.82) is 15.8 Å². The average molecular weight is 562 g/mol. The molecule has 0 amide bonds. The fraction of sp³-hybridized carbons (Fsp3) is 0.0256. The zero-order valence-electron chi connectivity index (χ0n) is 23.8. The van der Waals surface area contributed by atoms with Gasteiger partial charge in [0.25, 0.3) is 0 Å². The van der Waals surface area contributed by atoms with Crippen LogP contribution in [0.15, 0.2) is 122 Å². The minimum Gasteiger partial charge on any atom is -0.309 e. The topological polar surface area (TPSA) is 89.2 Å². The number of nitrogens with zero attached hydrogens (tertiary/aromatic N) is 5. The van der Waals surface area contributed by atoms with E-state index in [0.29, 0.717) is 16.7 Å². The van der Waals surface area contributed by atoms with E-state index in [9.17, 15) is 15.8 Å². The molecule has 7 aromatic rings. The SMILES string of the molecule is Cc1cc(C#N)c(-c2ccncc2)cc1-n1c2cc(-c3ccccc3C#N)ccc2c2ccc(-c3ccccc3C#N)cc21. The van der Waals surface area contributed by atoms with Crippen LogP contribution in [0.2, 0.25) is 0 Å². The van der Waals surface area contributed by atoms with Crippen LogP contribution in [-0.4, -0.2) is 9.55 Å². The van der Waals surface area contributed by atoms with Gasteiger partial charge in [0.1, 0.15) is 0 Å². The minimum atomic E-state index is 0.588. The predicted octanol–water partition coefficient (Wildman–Crippen LogP) is 9.10. The number of rotatable bonds is 4. The zero-order chi connectivity index (χ0) is 30.2. The summed E-state index contributed by atoms with van der Waals surface area (Å²) in [6.45, 7) is 2.02. The van der Waals surface area contributed by atoms with Crippen molar-refractivity contribution in [3.63, 3.8) is 0 Å². The Morgan fingerprint density at radius 2 is 1.05 bits per heavy atom. The first-order valence-electron chi connectivity index (χ1n) is 14.1. The number of hydrogen-bond donors (Lipinski definition) is 0. The van der Waals surface area contributed by atoms with Crippen LogP contribution in [0.25, 0.3) is 60.9 Å². The number of fused-ring (bicyclic) bond motifs is 3. The van der Waals surface area contributed by atoms with E-state index in [0.717, 1.165) is 66.4 Å². The summed E-state index contributed by atoms with van der Waals surface area (Å²) in [7, 11) is 0. The molecule has 0 N–H and O–H groups in total. The molecule has 0 saturated heterocycles. The molecule has 0 spiro atoms.